The fourth-order valence-electron chi connectivity index (χ4n) is 5.14. The van der Waals surface area contributed by atoms with Crippen molar-refractivity contribution in [3.05, 3.63) is 89.4 Å². The molecule has 128 valence electrons. The molecule has 0 N–H and O–H groups in total. The molecule has 0 saturated carbocycles. The maximum absolute atomic E-state index is 6.42. The molecule has 0 spiro atoms. The number of rotatable bonds is 1. The Hall–Kier alpha value is -2.74. The Labute approximate surface area is 153 Å². The summed E-state index contributed by atoms with van der Waals surface area (Å²) < 4.78 is 6.42. The van der Waals surface area contributed by atoms with Gasteiger partial charge in [0, 0.05) is 16.6 Å². The van der Waals surface area contributed by atoms with Gasteiger partial charge >= 0.3 is 0 Å². The molecule has 2 heteroatoms. The third kappa shape index (κ3) is 1.87. The molecule has 1 aliphatic heterocycles. The summed E-state index contributed by atoms with van der Waals surface area (Å²) in [5.41, 5.74) is 5.28. The Morgan fingerprint density at radius 3 is 2.88 bits per heavy atom. The first-order valence-electron chi connectivity index (χ1n) is 9.63. The van der Waals surface area contributed by atoms with Crippen LogP contribution in [0.5, 0.6) is 0 Å². The van der Waals surface area contributed by atoms with E-state index in [2.05, 4.69) is 77.8 Å². The molecule has 1 aromatic carbocycles. The van der Waals surface area contributed by atoms with Crippen molar-refractivity contribution in [1.29, 1.82) is 0 Å². The topological polar surface area (TPSA) is 16.4 Å². The molecule has 0 saturated heterocycles. The standard InChI is InChI=1S/C24H21NO/c1-2-8-16(9-3-1)25-20-12-6-4-11-19(20)23-21(25)15-14-18-17-10-5-7-13-22(17)26-24(18)23/h1-3,5-8,10,12-16,21,23H,4,9,11H2. The molecule has 2 heterocycles. The quantitative estimate of drug-likeness (QED) is 0.661. The Kier molecular flexibility index (Phi) is 2.98. The lowest BCUT2D eigenvalue weighted by Crippen LogP contribution is -2.39. The first-order chi connectivity index (χ1) is 12.9. The van der Waals surface area contributed by atoms with Crippen molar-refractivity contribution in [1.82, 2.24) is 4.90 Å². The van der Waals surface area contributed by atoms with Gasteiger partial charge in [0.05, 0.1) is 18.0 Å². The van der Waals surface area contributed by atoms with Crippen LogP contribution in [0, 0.1) is 0 Å². The molecule has 6 rings (SSSR count). The van der Waals surface area contributed by atoms with E-state index in [9.17, 15) is 0 Å². The summed E-state index contributed by atoms with van der Waals surface area (Å²) in [5.74, 6) is 1.51. The molecule has 0 fully saturated rings. The van der Waals surface area contributed by atoms with Gasteiger partial charge in [0.1, 0.15) is 11.3 Å². The predicted molar refractivity (Wildman–Crippen MR) is 106 cm³/mol. The Morgan fingerprint density at radius 1 is 1.00 bits per heavy atom. The van der Waals surface area contributed by atoms with Crippen LogP contribution < -0.4 is 0 Å². The van der Waals surface area contributed by atoms with Gasteiger partial charge in [0.25, 0.3) is 0 Å². The number of hydrogen-bond donors (Lipinski definition) is 0. The van der Waals surface area contributed by atoms with E-state index in [0.29, 0.717) is 18.0 Å². The van der Waals surface area contributed by atoms with Crippen LogP contribution in [-0.4, -0.2) is 17.0 Å². The maximum Gasteiger partial charge on any atom is 0.134 e. The summed E-state index contributed by atoms with van der Waals surface area (Å²) in [5, 5.41) is 1.24. The summed E-state index contributed by atoms with van der Waals surface area (Å²) in [6, 6.07) is 9.22. The van der Waals surface area contributed by atoms with Gasteiger partial charge in [-0.3, -0.25) is 0 Å². The predicted octanol–water partition coefficient (Wildman–Crippen LogP) is 5.72. The van der Waals surface area contributed by atoms with Crippen molar-refractivity contribution in [3.8, 4) is 0 Å². The van der Waals surface area contributed by atoms with E-state index in [1.54, 1.807) is 5.57 Å². The molecule has 2 aromatic rings. The molecule has 3 aliphatic carbocycles. The van der Waals surface area contributed by atoms with Crippen molar-refractivity contribution in [2.75, 3.05) is 0 Å². The van der Waals surface area contributed by atoms with Crippen LogP contribution >= 0.6 is 0 Å². The van der Waals surface area contributed by atoms with Crippen LogP contribution in [0.4, 0.5) is 0 Å². The molecule has 4 aliphatic rings. The number of nitrogens with zero attached hydrogens (tertiary/aromatic N) is 1. The zero-order chi connectivity index (χ0) is 17.1. The minimum absolute atomic E-state index is 0.349. The van der Waals surface area contributed by atoms with E-state index in [1.165, 1.54) is 22.4 Å². The van der Waals surface area contributed by atoms with Gasteiger partial charge in [0.2, 0.25) is 0 Å². The van der Waals surface area contributed by atoms with E-state index in [1.807, 2.05) is 0 Å². The number of para-hydroxylation sites is 1. The normalized spacial score (nSPS) is 28.6. The minimum atomic E-state index is 0.349. The van der Waals surface area contributed by atoms with Gasteiger partial charge in [-0.15, -0.1) is 0 Å². The van der Waals surface area contributed by atoms with E-state index in [4.69, 9.17) is 4.42 Å². The molecule has 3 atom stereocenters. The molecule has 1 aromatic heterocycles. The van der Waals surface area contributed by atoms with Crippen molar-refractivity contribution >= 4 is 17.0 Å². The van der Waals surface area contributed by atoms with Gasteiger partial charge in [-0.1, -0.05) is 60.7 Å². The molecule has 0 amide bonds. The number of hydrogen-bond acceptors (Lipinski definition) is 2. The largest absolute Gasteiger partial charge is 0.460 e. The molecule has 26 heavy (non-hydrogen) atoms. The van der Waals surface area contributed by atoms with Gasteiger partial charge in [-0.25, -0.2) is 0 Å². The zero-order valence-corrected chi connectivity index (χ0v) is 14.6. The fourth-order valence-corrected chi connectivity index (χ4v) is 5.14. The molecule has 0 radical (unpaired) electrons. The third-order valence-corrected chi connectivity index (χ3v) is 6.22. The first-order valence-corrected chi connectivity index (χ1v) is 9.63. The molecule has 0 bridgehead atoms. The van der Waals surface area contributed by atoms with Crippen molar-refractivity contribution in [3.63, 3.8) is 0 Å². The average molecular weight is 339 g/mol. The highest BCUT2D eigenvalue weighted by molar-refractivity contribution is 5.90. The van der Waals surface area contributed by atoms with E-state index in [0.717, 1.165) is 24.8 Å². The summed E-state index contributed by atoms with van der Waals surface area (Å²) in [7, 11) is 0. The van der Waals surface area contributed by atoms with Crippen LogP contribution in [0.2, 0.25) is 0 Å². The SMILES string of the molecule is C1=CCC(N2C3=C(CCC=C3)C3c4oc5ccccc5c4C=CC32)C=C1. The van der Waals surface area contributed by atoms with Gasteiger partial charge in [-0.05, 0) is 37.0 Å². The second kappa shape index (κ2) is 5.38. The van der Waals surface area contributed by atoms with Crippen molar-refractivity contribution in [2.45, 2.75) is 37.3 Å². The van der Waals surface area contributed by atoms with Crippen LogP contribution in [0.25, 0.3) is 17.0 Å². The monoisotopic (exact) mass is 339 g/mol. The zero-order valence-electron chi connectivity index (χ0n) is 14.6. The summed E-state index contributed by atoms with van der Waals surface area (Å²) in [4.78, 5) is 2.63. The lowest BCUT2D eigenvalue weighted by Gasteiger charge is -2.36. The average Bonchev–Trinajstić information content (AvgIpc) is 3.24. The minimum Gasteiger partial charge on any atom is -0.460 e. The molecule has 3 unspecified atom stereocenters. The highest BCUT2D eigenvalue weighted by Crippen LogP contribution is 2.52. The number of benzene rings is 1. The highest BCUT2D eigenvalue weighted by atomic mass is 16.3. The molecule has 2 nitrogen and oxygen atoms in total. The second-order valence-corrected chi connectivity index (χ2v) is 7.58. The van der Waals surface area contributed by atoms with E-state index >= 15 is 0 Å². The van der Waals surface area contributed by atoms with Crippen molar-refractivity contribution in [2.24, 2.45) is 0 Å². The first kappa shape index (κ1) is 14.4. The number of allylic oxidation sites excluding steroid dienone is 4. The van der Waals surface area contributed by atoms with Gasteiger partial charge in [0.15, 0.2) is 0 Å². The van der Waals surface area contributed by atoms with Gasteiger partial charge < -0.3 is 9.32 Å². The van der Waals surface area contributed by atoms with Crippen LogP contribution in [0.3, 0.4) is 0 Å². The summed E-state index contributed by atoms with van der Waals surface area (Å²) in [6.07, 6.45) is 21.7. The molecular formula is C24H21NO. The second-order valence-electron chi connectivity index (χ2n) is 7.58. The number of furan rings is 1. The fraction of sp³-hybridized carbons (Fsp3) is 0.250. The van der Waals surface area contributed by atoms with Crippen LogP contribution in [0.1, 0.15) is 36.5 Å². The summed E-state index contributed by atoms with van der Waals surface area (Å²) >= 11 is 0. The number of fused-ring (bicyclic) bond motifs is 6. The third-order valence-electron chi connectivity index (χ3n) is 6.22. The molecular weight excluding hydrogens is 318 g/mol. The lowest BCUT2D eigenvalue weighted by molar-refractivity contribution is 0.256. The van der Waals surface area contributed by atoms with Gasteiger partial charge in [-0.2, -0.15) is 0 Å². The van der Waals surface area contributed by atoms with E-state index in [-0.39, 0.29) is 0 Å². The maximum atomic E-state index is 6.42. The smallest absolute Gasteiger partial charge is 0.134 e. The van der Waals surface area contributed by atoms with E-state index < -0.39 is 0 Å². The Morgan fingerprint density at radius 2 is 1.96 bits per heavy atom. The Balaban J connectivity index is 1.54. The lowest BCUT2D eigenvalue weighted by atomic mass is 9.82. The van der Waals surface area contributed by atoms with Crippen molar-refractivity contribution < 1.29 is 4.42 Å². The van der Waals surface area contributed by atoms with Crippen LogP contribution in [-0.2, 0) is 0 Å². The van der Waals surface area contributed by atoms with Crippen LogP contribution in [0.15, 0.2) is 82.5 Å². The summed E-state index contributed by atoms with van der Waals surface area (Å²) in [6.45, 7) is 0. The Bertz CT molecular complexity index is 1050. The highest BCUT2D eigenvalue weighted by Gasteiger charge is 2.45.